The molecule has 0 aliphatic heterocycles. The summed E-state index contributed by atoms with van der Waals surface area (Å²) in [6, 6.07) is 16.8. The molecule has 25 heavy (non-hydrogen) atoms. The Balaban J connectivity index is 2.04. The minimum atomic E-state index is 0.957. The highest BCUT2D eigenvalue weighted by Crippen LogP contribution is 2.26. The van der Waals surface area contributed by atoms with Crippen LogP contribution >= 0.6 is 15.9 Å². The van der Waals surface area contributed by atoms with E-state index in [1.807, 2.05) is 30.5 Å². The van der Waals surface area contributed by atoms with E-state index in [1.54, 1.807) is 0 Å². The van der Waals surface area contributed by atoms with Gasteiger partial charge in [-0.3, -0.25) is 4.99 Å². The average Bonchev–Trinajstić information content (AvgIpc) is 2.88. The van der Waals surface area contributed by atoms with Crippen molar-refractivity contribution in [3.63, 3.8) is 0 Å². The van der Waals surface area contributed by atoms with Gasteiger partial charge in [0.1, 0.15) is 0 Å². The van der Waals surface area contributed by atoms with Gasteiger partial charge in [0.2, 0.25) is 0 Å². The second-order valence-corrected chi connectivity index (χ2v) is 7.25. The van der Waals surface area contributed by atoms with Crippen LogP contribution in [0.3, 0.4) is 0 Å². The number of para-hydroxylation sites is 1. The first-order valence-corrected chi connectivity index (χ1v) is 9.38. The first kappa shape index (κ1) is 17.7. The van der Waals surface area contributed by atoms with Gasteiger partial charge in [-0.25, -0.2) is 0 Å². The highest BCUT2D eigenvalue weighted by atomic mass is 79.9. The number of benzene rings is 2. The SMILES string of the molecule is CCc1cccc(C)c1-n1c(C)cc(C=Nc2ccc(Br)cc2)c1C. The predicted octanol–water partition coefficient (Wildman–Crippen LogP) is 6.48. The van der Waals surface area contributed by atoms with E-state index in [2.05, 4.69) is 77.4 Å². The number of hydrogen-bond donors (Lipinski definition) is 0. The van der Waals surface area contributed by atoms with Crippen LogP contribution in [-0.4, -0.2) is 10.8 Å². The summed E-state index contributed by atoms with van der Waals surface area (Å²) < 4.78 is 3.42. The van der Waals surface area contributed by atoms with Crippen molar-refractivity contribution in [1.29, 1.82) is 0 Å². The third-order valence-corrected chi connectivity index (χ3v) is 5.10. The Hall–Kier alpha value is -2.13. The van der Waals surface area contributed by atoms with Crippen LogP contribution in [0, 0.1) is 20.8 Å². The van der Waals surface area contributed by atoms with Gasteiger partial charge < -0.3 is 4.57 Å². The van der Waals surface area contributed by atoms with E-state index in [4.69, 9.17) is 0 Å². The molecular weight excluding hydrogens is 372 g/mol. The highest BCUT2D eigenvalue weighted by Gasteiger charge is 2.14. The molecule has 0 saturated carbocycles. The van der Waals surface area contributed by atoms with Crippen LogP contribution in [0.25, 0.3) is 5.69 Å². The van der Waals surface area contributed by atoms with Crippen LogP contribution in [0.5, 0.6) is 0 Å². The average molecular weight is 395 g/mol. The van der Waals surface area contributed by atoms with Crippen molar-refractivity contribution >= 4 is 27.8 Å². The Morgan fingerprint density at radius 3 is 2.44 bits per heavy atom. The molecule has 1 heterocycles. The van der Waals surface area contributed by atoms with Crippen LogP contribution in [0.1, 0.15) is 35.0 Å². The molecule has 0 saturated heterocycles. The molecule has 0 fully saturated rings. The monoisotopic (exact) mass is 394 g/mol. The third-order valence-electron chi connectivity index (χ3n) is 4.58. The smallest absolute Gasteiger partial charge is 0.0630 e. The van der Waals surface area contributed by atoms with Gasteiger partial charge >= 0.3 is 0 Å². The van der Waals surface area contributed by atoms with Gasteiger partial charge in [-0.05, 0) is 68.7 Å². The lowest BCUT2D eigenvalue weighted by molar-refractivity contribution is 0.926. The number of aliphatic imine (C=N–C) groups is 1. The lowest BCUT2D eigenvalue weighted by atomic mass is 10.1. The summed E-state index contributed by atoms with van der Waals surface area (Å²) in [5.74, 6) is 0. The third kappa shape index (κ3) is 3.62. The van der Waals surface area contributed by atoms with E-state index in [1.165, 1.54) is 28.2 Å². The Morgan fingerprint density at radius 1 is 1.04 bits per heavy atom. The van der Waals surface area contributed by atoms with E-state index >= 15 is 0 Å². The van der Waals surface area contributed by atoms with Crippen LogP contribution < -0.4 is 0 Å². The van der Waals surface area contributed by atoms with Gasteiger partial charge in [0.25, 0.3) is 0 Å². The van der Waals surface area contributed by atoms with E-state index in [9.17, 15) is 0 Å². The van der Waals surface area contributed by atoms with Crippen LogP contribution in [0.2, 0.25) is 0 Å². The molecule has 0 unspecified atom stereocenters. The van der Waals surface area contributed by atoms with Crippen LogP contribution in [0.4, 0.5) is 5.69 Å². The number of aryl methyl sites for hydroxylation is 3. The van der Waals surface area contributed by atoms with E-state index < -0.39 is 0 Å². The van der Waals surface area contributed by atoms with Gasteiger partial charge in [-0.2, -0.15) is 0 Å². The minimum Gasteiger partial charge on any atom is -0.317 e. The second kappa shape index (κ2) is 7.40. The summed E-state index contributed by atoms with van der Waals surface area (Å²) in [6.07, 6.45) is 2.99. The molecule has 0 aliphatic carbocycles. The van der Waals surface area contributed by atoms with E-state index in [0.717, 1.165) is 22.1 Å². The van der Waals surface area contributed by atoms with Crippen molar-refractivity contribution in [3.8, 4) is 5.69 Å². The summed E-state index contributed by atoms with van der Waals surface area (Å²) in [5.41, 5.74) is 8.56. The fourth-order valence-electron chi connectivity index (χ4n) is 3.26. The maximum absolute atomic E-state index is 4.63. The summed E-state index contributed by atoms with van der Waals surface area (Å²) >= 11 is 3.46. The number of hydrogen-bond acceptors (Lipinski definition) is 1. The molecule has 0 atom stereocenters. The van der Waals surface area contributed by atoms with Crippen molar-refractivity contribution in [3.05, 3.63) is 81.1 Å². The van der Waals surface area contributed by atoms with Crippen molar-refractivity contribution in [2.45, 2.75) is 34.1 Å². The quantitative estimate of drug-likeness (QED) is 0.450. The Labute approximate surface area is 158 Å². The Morgan fingerprint density at radius 2 is 1.76 bits per heavy atom. The highest BCUT2D eigenvalue weighted by molar-refractivity contribution is 9.10. The van der Waals surface area contributed by atoms with E-state index in [-0.39, 0.29) is 0 Å². The molecule has 3 rings (SSSR count). The number of halogens is 1. The molecule has 2 nitrogen and oxygen atoms in total. The maximum atomic E-state index is 4.63. The fraction of sp³-hybridized carbons (Fsp3) is 0.227. The first-order chi connectivity index (χ1) is 12.0. The minimum absolute atomic E-state index is 0.957. The zero-order chi connectivity index (χ0) is 18.0. The molecule has 3 aromatic rings. The zero-order valence-corrected chi connectivity index (χ0v) is 16.8. The topological polar surface area (TPSA) is 17.3 Å². The predicted molar refractivity (Wildman–Crippen MR) is 111 cm³/mol. The Kier molecular flexibility index (Phi) is 5.24. The van der Waals surface area contributed by atoms with E-state index in [0.29, 0.717) is 0 Å². The molecule has 3 heteroatoms. The number of rotatable bonds is 4. The van der Waals surface area contributed by atoms with Gasteiger partial charge in [-0.15, -0.1) is 0 Å². The standard InChI is InChI=1S/C22H23BrN2/c1-5-18-8-6-7-15(2)22(18)25-16(3)13-19(17(25)4)14-24-21-11-9-20(23)10-12-21/h6-14H,5H2,1-4H3. The van der Waals surface area contributed by atoms with Crippen molar-refractivity contribution < 1.29 is 0 Å². The molecule has 128 valence electrons. The summed E-state index contributed by atoms with van der Waals surface area (Å²) in [6.45, 7) is 8.73. The molecule has 2 aromatic carbocycles. The molecule has 0 N–H and O–H groups in total. The fourth-order valence-corrected chi connectivity index (χ4v) is 3.52. The summed E-state index contributed by atoms with van der Waals surface area (Å²) in [7, 11) is 0. The van der Waals surface area contributed by atoms with Gasteiger partial charge in [0, 0.05) is 27.6 Å². The van der Waals surface area contributed by atoms with Crippen molar-refractivity contribution in [2.75, 3.05) is 0 Å². The summed E-state index contributed by atoms with van der Waals surface area (Å²) in [4.78, 5) is 4.63. The summed E-state index contributed by atoms with van der Waals surface area (Å²) in [5, 5.41) is 0. The van der Waals surface area contributed by atoms with Gasteiger partial charge in [-0.1, -0.05) is 41.1 Å². The molecule has 0 bridgehead atoms. The van der Waals surface area contributed by atoms with Gasteiger partial charge in [0.15, 0.2) is 0 Å². The molecule has 0 amide bonds. The van der Waals surface area contributed by atoms with Crippen LogP contribution in [0.15, 0.2) is 58.0 Å². The normalized spacial score (nSPS) is 11.4. The van der Waals surface area contributed by atoms with Crippen molar-refractivity contribution in [1.82, 2.24) is 4.57 Å². The van der Waals surface area contributed by atoms with Crippen LogP contribution in [-0.2, 0) is 6.42 Å². The first-order valence-electron chi connectivity index (χ1n) is 8.58. The molecule has 0 spiro atoms. The molecule has 1 aromatic heterocycles. The van der Waals surface area contributed by atoms with Crippen molar-refractivity contribution in [2.24, 2.45) is 4.99 Å². The molecule has 0 aliphatic rings. The zero-order valence-electron chi connectivity index (χ0n) is 15.2. The molecule has 0 radical (unpaired) electrons. The molecular formula is C22H23BrN2. The number of aromatic nitrogens is 1. The second-order valence-electron chi connectivity index (χ2n) is 6.33. The lowest BCUT2D eigenvalue weighted by Crippen LogP contribution is -2.05. The number of nitrogens with zero attached hydrogens (tertiary/aromatic N) is 2. The largest absolute Gasteiger partial charge is 0.317 e. The lowest BCUT2D eigenvalue weighted by Gasteiger charge is -2.17. The van der Waals surface area contributed by atoms with Gasteiger partial charge in [0.05, 0.1) is 11.4 Å². The Bertz CT molecular complexity index is 918. The maximum Gasteiger partial charge on any atom is 0.0630 e.